The largest absolute Gasteiger partial charge is 0.507 e. The highest BCUT2D eigenvalue weighted by Crippen LogP contribution is 2.45. The van der Waals surface area contributed by atoms with Crippen molar-refractivity contribution in [3.8, 4) is 17.2 Å². The number of hydrogen-bond donors (Lipinski definition) is 1. The zero-order valence-electron chi connectivity index (χ0n) is 21.9. The van der Waals surface area contributed by atoms with Crippen molar-refractivity contribution in [2.45, 2.75) is 25.5 Å². The van der Waals surface area contributed by atoms with Gasteiger partial charge in [-0.2, -0.15) is 0 Å². The number of ether oxygens (including phenoxy) is 3. The first kappa shape index (κ1) is 25.6. The number of methoxy groups -OCH3 is 1. The van der Waals surface area contributed by atoms with Gasteiger partial charge in [-0.05, 0) is 66.6 Å². The molecule has 202 valence electrons. The van der Waals surface area contributed by atoms with Crippen LogP contribution < -0.4 is 19.1 Å². The molecule has 1 N–H and O–H groups in total. The third kappa shape index (κ3) is 4.38. The van der Waals surface area contributed by atoms with Crippen molar-refractivity contribution >= 4 is 44.1 Å². The Morgan fingerprint density at radius 3 is 2.67 bits per heavy atom. The number of benzene rings is 3. The Morgan fingerprint density at radius 2 is 1.93 bits per heavy atom. The Kier molecular flexibility index (Phi) is 6.51. The lowest BCUT2D eigenvalue weighted by molar-refractivity contribution is -0.132. The molecule has 2 aliphatic rings. The van der Waals surface area contributed by atoms with Gasteiger partial charge in [-0.1, -0.05) is 36.1 Å². The second-order valence-corrected chi connectivity index (χ2v) is 10.6. The molecule has 1 saturated heterocycles. The molecule has 1 fully saturated rings. The summed E-state index contributed by atoms with van der Waals surface area (Å²) in [6.45, 7) is 5.98. The molecular formula is C31H26N2O6S. The summed E-state index contributed by atoms with van der Waals surface area (Å²) in [6.07, 6.45) is 2.36. The quantitative estimate of drug-likeness (QED) is 0.133. The van der Waals surface area contributed by atoms with Gasteiger partial charge in [0.15, 0.2) is 5.13 Å². The van der Waals surface area contributed by atoms with E-state index in [0.29, 0.717) is 46.3 Å². The molecule has 40 heavy (non-hydrogen) atoms. The summed E-state index contributed by atoms with van der Waals surface area (Å²) in [5, 5.41) is 11.9. The fourth-order valence-corrected chi connectivity index (χ4v) is 6.12. The molecular weight excluding hydrogens is 528 g/mol. The summed E-state index contributed by atoms with van der Waals surface area (Å²) in [7, 11) is 1.58. The Hall–Kier alpha value is -4.63. The first-order valence-electron chi connectivity index (χ1n) is 12.8. The van der Waals surface area contributed by atoms with Crippen LogP contribution >= 0.6 is 11.3 Å². The smallest absolute Gasteiger partial charge is 0.301 e. The second-order valence-electron chi connectivity index (χ2n) is 9.62. The predicted molar refractivity (Wildman–Crippen MR) is 153 cm³/mol. The molecule has 2 atom stereocenters. The summed E-state index contributed by atoms with van der Waals surface area (Å²) >= 11 is 1.27. The number of hydrogen-bond acceptors (Lipinski definition) is 8. The Bertz CT molecular complexity index is 1690. The van der Waals surface area contributed by atoms with Crippen molar-refractivity contribution < 1.29 is 28.9 Å². The van der Waals surface area contributed by atoms with Crippen LogP contribution in [0.25, 0.3) is 16.0 Å². The Labute approximate surface area is 234 Å². The molecule has 1 aromatic heterocycles. The average molecular weight is 555 g/mol. The van der Waals surface area contributed by atoms with Gasteiger partial charge in [0.2, 0.25) is 0 Å². The van der Waals surface area contributed by atoms with E-state index < -0.39 is 17.7 Å². The van der Waals surface area contributed by atoms with Gasteiger partial charge in [-0.15, -0.1) is 0 Å². The molecule has 0 radical (unpaired) electrons. The van der Waals surface area contributed by atoms with Crippen molar-refractivity contribution in [3.63, 3.8) is 0 Å². The number of carbonyl (C=O) groups excluding carboxylic acids is 2. The van der Waals surface area contributed by atoms with Crippen LogP contribution in [-0.2, 0) is 16.0 Å². The maximum atomic E-state index is 13.6. The monoisotopic (exact) mass is 554 g/mol. The van der Waals surface area contributed by atoms with Crippen LogP contribution in [0.4, 0.5) is 5.13 Å². The molecule has 0 bridgehead atoms. The SMILES string of the molecule is C=CCOc1ccc([C@H]2C(=C(O)c3ccc4c(c3)C[C@H](C)O4)C(=O)C(=O)N2c2nc3ccc(OC)cc3s2)cc1. The number of nitrogens with zero attached hydrogens (tertiary/aromatic N) is 2. The number of aliphatic hydroxyl groups is 1. The predicted octanol–water partition coefficient (Wildman–Crippen LogP) is 5.82. The lowest BCUT2D eigenvalue weighted by Gasteiger charge is -2.23. The number of anilines is 1. The summed E-state index contributed by atoms with van der Waals surface area (Å²) in [5.41, 5.74) is 2.67. The van der Waals surface area contributed by atoms with Crippen molar-refractivity contribution in [1.29, 1.82) is 0 Å². The molecule has 6 rings (SSSR count). The zero-order valence-corrected chi connectivity index (χ0v) is 22.7. The lowest BCUT2D eigenvalue weighted by Crippen LogP contribution is -2.29. The van der Waals surface area contributed by atoms with E-state index in [-0.39, 0.29) is 17.4 Å². The number of Topliss-reactive ketones (excluding diaryl/α,β-unsaturated/α-hetero) is 1. The third-order valence-corrected chi connectivity index (χ3v) is 7.99. The fourth-order valence-electron chi connectivity index (χ4n) is 5.09. The van der Waals surface area contributed by atoms with Crippen LogP contribution in [0.2, 0.25) is 0 Å². The number of ketones is 1. The number of aliphatic hydroxyl groups excluding tert-OH is 1. The zero-order chi connectivity index (χ0) is 28.0. The Balaban J connectivity index is 1.49. The van der Waals surface area contributed by atoms with E-state index in [1.165, 1.54) is 16.2 Å². The highest BCUT2D eigenvalue weighted by molar-refractivity contribution is 7.22. The summed E-state index contributed by atoms with van der Waals surface area (Å²) in [4.78, 5) is 33.2. The molecule has 8 nitrogen and oxygen atoms in total. The van der Waals surface area contributed by atoms with E-state index in [1.807, 2.05) is 19.1 Å². The van der Waals surface area contributed by atoms with Gasteiger partial charge >= 0.3 is 5.91 Å². The number of rotatable bonds is 7. The lowest BCUT2D eigenvalue weighted by atomic mass is 9.94. The first-order chi connectivity index (χ1) is 19.4. The molecule has 0 aliphatic carbocycles. The second kappa shape index (κ2) is 10.2. The number of fused-ring (bicyclic) bond motifs is 2. The molecule has 0 unspecified atom stereocenters. The van der Waals surface area contributed by atoms with Gasteiger partial charge in [0, 0.05) is 12.0 Å². The molecule has 4 aromatic rings. The van der Waals surface area contributed by atoms with Gasteiger partial charge < -0.3 is 19.3 Å². The van der Waals surface area contributed by atoms with Gasteiger partial charge in [0.05, 0.1) is 28.9 Å². The van der Waals surface area contributed by atoms with Crippen LogP contribution in [0, 0.1) is 0 Å². The standard InChI is InChI=1S/C31H26N2O6S/c1-4-13-38-21-8-5-18(6-9-21)27-26(28(34)19-7-12-24-20(15-19)14-17(2)39-24)29(35)30(36)33(27)31-32-23-11-10-22(37-3)16-25(23)40-31/h4-12,15-17,27,34H,1,13-14H2,2-3H3/t17-,27-/m0/s1. The molecule has 0 saturated carbocycles. The maximum Gasteiger partial charge on any atom is 0.301 e. The topological polar surface area (TPSA) is 98.2 Å². The molecule has 0 spiro atoms. The summed E-state index contributed by atoms with van der Waals surface area (Å²) in [5.74, 6) is 0.231. The number of carbonyl (C=O) groups is 2. The van der Waals surface area contributed by atoms with Crippen molar-refractivity contribution in [2.75, 3.05) is 18.6 Å². The van der Waals surface area contributed by atoms with Crippen LogP contribution in [0.3, 0.4) is 0 Å². The molecule has 2 aliphatic heterocycles. The maximum absolute atomic E-state index is 13.6. The van der Waals surface area contributed by atoms with E-state index in [1.54, 1.807) is 61.7 Å². The fraction of sp³-hybridized carbons (Fsp3) is 0.194. The van der Waals surface area contributed by atoms with E-state index in [0.717, 1.165) is 16.0 Å². The minimum Gasteiger partial charge on any atom is -0.507 e. The van der Waals surface area contributed by atoms with Crippen molar-refractivity contribution in [1.82, 2.24) is 4.98 Å². The average Bonchev–Trinajstić information content (AvgIpc) is 3.63. The third-order valence-electron chi connectivity index (χ3n) is 6.97. The van der Waals surface area contributed by atoms with Gasteiger partial charge in [-0.3, -0.25) is 14.5 Å². The van der Waals surface area contributed by atoms with Crippen LogP contribution in [0.1, 0.15) is 29.7 Å². The summed E-state index contributed by atoms with van der Waals surface area (Å²) < 4.78 is 17.6. The minimum atomic E-state index is -0.903. The van der Waals surface area contributed by atoms with Crippen molar-refractivity contribution in [3.05, 3.63) is 95.6 Å². The molecule has 3 aromatic carbocycles. The molecule has 3 heterocycles. The number of amides is 1. The van der Waals surface area contributed by atoms with Gasteiger partial charge in [0.1, 0.15) is 35.7 Å². The van der Waals surface area contributed by atoms with Crippen LogP contribution in [0.15, 0.2) is 78.9 Å². The molecule has 9 heteroatoms. The van der Waals surface area contributed by atoms with E-state index in [9.17, 15) is 14.7 Å². The number of thiazole rings is 1. The highest BCUT2D eigenvalue weighted by atomic mass is 32.1. The summed E-state index contributed by atoms with van der Waals surface area (Å²) in [6, 6.07) is 16.9. The Morgan fingerprint density at radius 1 is 1.15 bits per heavy atom. The van der Waals surface area contributed by atoms with E-state index in [4.69, 9.17) is 14.2 Å². The highest BCUT2D eigenvalue weighted by Gasteiger charge is 2.48. The normalized spacial score (nSPS) is 19.5. The van der Waals surface area contributed by atoms with E-state index >= 15 is 0 Å². The molecule has 1 amide bonds. The van der Waals surface area contributed by atoms with Gasteiger partial charge in [0.25, 0.3) is 5.78 Å². The minimum absolute atomic E-state index is 0.00601. The first-order valence-corrected chi connectivity index (χ1v) is 13.6. The van der Waals surface area contributed by atoms with Crippen molar-refractivity contribution in [2.24, 2.45) is 0 Å². The van der Waals surface area contributed by atoms with Crippen LogP contribution in [0.5, 0.6) is 17.2 Å². The van der Waals surface area contributed by atoms with Crippen LogP contribution in [-0.4, -0.2) is 41.6 Å². The van der Waals surface area contributed by atoms with Gasteiger partial charge in [-0.25, -0.2) is 4.98 Å². The van der Waals surface area contributed by atoms with E-state index in [2.05, 4.69) is 11.6 Å². The number of aromatic nitrogens is 1.